The molecule has 0 aromatic carbocycles. The van der Waals surface area contributed by atoms with E-state index in [1.165, 1.54) is 11.3 Å². The van der Waals surface area contributed by atoms with Gasteiger partial charge >= 0.3 is 0 Å². The Hall–Kier alpha value is 0.0500. The molecular weight excluding hydrogens is 362 g/mol. The van der Waals surface area contributed by atoms with Gasteiger partial charge < -0.3 is 5.11 Å². The lowest BCUT2D eigenvalue weighted by molar-refractivity contribution is 0.285. The van der Waals surface area contributed by atoms with Gasteiger partial charge in [0.25, 0.3) is 0 Å². The summed E-state index contributed by atoms with van der Waals surface area (Å²) in [5.41, 5.74) is 0. The summed E-state index contributed by atoms with van der Waals surface area (Å²) < 4.78 is 27.6. The number of rotatable bonds is 9. The number of nitrogens with zero attached hydrogens (tertiary/aromatic N) is 1. The predicted octanol–water partition coefficient (Wildman–Crippen LogP) is 3.59. The third-order valence-corrected chi connectivity index (χ3v) is 7.14. The van der Waals surface area contributed by atoms with Crippen molar-refractivity contribution in [3.05, 3.63) is 14.7 Å². The van der Waals surface area contributed by atoms with Gasteiger partial charge in [0.2, 0.25) is 10.0 Å². The average molecular weight is 384 g/mol. The molecule has 4 nitrogen and oxygen atoms in total. The minimum atomic E-state index is -3.48. The Labute approximate surface area is 134 Å². The molecule has 0 aliphatic heterocycles. The van der Waals surface area contributed by atoms with Gasteiger partial charge in [-0.05, 0) is 34.8 Å². The Morgan fingerprint density at radius 2 is 1.80 bits per heavy atom. The van der Waals surface area contributed by atoms with Crippen LogP contribution in [0.1, 0.15) is 44.4 Å². The Morgan fingerprint density at radius 3 is 2.20 bits per heavy atom. The molecule has 1 rings (SSSR count). The van der Waals surface area contributed by atoms with Gasteiger partial charge in [-0.2, -0.15) is 4.31 Å². The van der Waals surface area contributed by atoms with Crippen LogP contribution in [-0.4, -0.2) is 30.9 Å². The Morgan fingerprint density at radius 1 is 1.25 bits per heavy atom. The second-order valence-electron chi connectivity index (χ2n) is 4.62. The molecule has 0 spiro atoms. The third-order valence-electron chi connectivity index (χ3n) is 3.00. The van der Waals surface area contributed by atoms with Crippen LogP contribution in [0.3, 0.4) is 0 Å². The fraction of sp³-hybridized carbons (Fsp3) is 0.692. The zero-order chi connectivity index (χ0) is 15.2. The monoisotopic (exact) mass is 383 g/mol. The zero-order valence-corrected chi connectivity index (χ0v) is 15.2. The summed E-state index contributed by atoms with van der Waals surface area (Å²) in [6.07, 6.45) is 3.64. The normalized spacial score (nSPS) is 12.2. The minimum absolute atomic E-state index is 0.136. The summed E-state index contributed by atoms with van der Waals surface area (Å²) in [6.45, 7) is 5.07. The highest BCUT2D eigenvalue weighted by molar-refractivity contribution is 9.11. The smallest absolute Gasteiger partial charge is 0.245 e. The van der Waals surface area contributed by atoms with Crippen LogP contribution in [0.15, 0.2) is 14.7 Å². The topological polar surface area (TPSA) is 57.6 Å². The molecule has 7 heteroatoms. The van der Waals surface area contributed by atoms with Crippen molar-refractivity contribution in [1.29, 1.82) is 0 Å². The molecule has 0 amide bonds. The number of halogens is 1. The van der Waals surface area contributed by atoms with E-state index < -0.39 is 10.0 Å². The van der Waals surface area contributed by atoms with E-state index in [1.807, 2.05) is 0 Å². The van der Waals surface area contributed by atoms with Crippen LogP contribution < -0.4 is 0 Å². The first-order valence-electron chi connectivity index (χ1n) is 6.86. The summed E-state index contributed by atoms with van der Waals surface area (Å²) in [5, 5.41) is 9.14. The third kappa shape index (κ3) is 4.53. The highest BCUT2D eigenvalue weighted by atomic mass is 79.9. The molecule has 0 saturated heterocycles. The fourth-order valence-corrected chi connectivity index (χ4v) is 5.82. The van der Waals surface area contributed by atoms with E-state index in [1.54, 1.807) is 10.4 Å². The van der Waals surface area contributed by atoms with Crippen LogP contribution in [0.25, 0.3) is 0 Å². The molecule has 116 valence electrons. The van der Waals surface area contributed by atoms with Crippen LogP contribution in [0.4, 0.5) is 0 Å². The van der Waals surface area contributed by atoms with E-state index in [0.717, 1.165) is 25.7 Å². The SMILES string of the molecule is CCCCN(CCCC)S(=O)(=O)c1cc(CO)sc1Br. The van der Waals surface area contributed by atoms with Crippen molar-refractivity contribution in [1.82, 2.24) is 4.31 Å². The molecule has 0 aliphatic carbocycles. The maximum Gasteiger partial charge on any atom is 0.245 e. The lowest BCUT2D eigenvalue weighted by Crippen LogP contribution is -2.33. The number of aliphatic hydroxyl groups excluding tert-OH is 1. The van der Waals surface area contributed by atoms with E-state index >= 15 is 0 Å². The van der Waals surface area contributed by atoms with Crippen LogP contribution in [-0.2, 0) is 16.6 Å². The van der Waals surface area contributed by atoms with Crippen molar-refractivity contribution >= 4 is 37.3 Å². The standard InChI is InChI=1S/C13H22BrNO3S2/c1-3-5-7-15(8-6-4-2)20(17,18)12-9-11(10-16)19-13(12)14/h9,16H,3-8,10H2,1-2H3. The molecule has 0 radical (unpaired) electrons. The van der Waals surface area contributed by atoms with Gasteiger partial charge in [0, 0.05) is 18.0 Å². The maximum absolute atomic E-state index is 12.7. The molecule has 0 saturated carbocycles. The molecular formula is C13H22BrNO3S2. The fourth-order valence-electron chi connectivity index (χ4n) is 1.81. The van der Waals surface area contributed by atoms with Crippen molar-refractivity contribution in [2.24, 2.45) is 0 Å². The molecule has 1 aromatic rings. The van der Waals surface area contributed by atoms with E-state index in [-0.39, 0.29) is 11.5 Å². The quantitative estimate of drug-likeness (QED) is 0.708. The first kappa shape index (κ1) is 18.1. The maximum atomic E-state index is 12.7. The van der Waals surface area contributed by atoms with Crippen molar-refractivity contribution in [2.75, 3.05) is 13.1 Å². The molecule has 1 heterocycles. The lowest BCUT2D eigenvalue weighted by atomic mass is 10.3. The van der Waals surface area contributed by atoms with Crippen molar-refractivity contribution in [2.45, 2.75) is 51.0 Å². The van der Waals surface area contributed by atoms with Gasteiger partial charge in [-0.15, -0.1) is 11.3 Å². The molecule has 1 aromatic heterocycles. The Balaban J connectivity index is 3.03. The summed E-state index contributed by atoms with van der Waals surface area (Å²) in [4.78, 5) is 0.931. The van der Waals surface area contributed by atoms with Gasteiger partial charge in [-0.1, -0.05) is 26.7 Å². The second kappa shape index (κ2) is 8.48. The number of hydrogen-bond acceptors (Lipinski definition) is 4. The van der Waals surface area contributed by atoms with Crippen molar-refractivity contribution in [3.8, 4) is 0 Å². The van der Waals surface area contributed by atoms with Gasteiger partial charge in [0.1, 0.15) is 4.90 Å². The molecule has 0 fully saturated rings. The average Bonchev–Trinajstić information content (AvgIpc) is 2.80. The first-order chi connectivity index (χ1) is 9.47. The van der Waals surface area contributed by atoms with Gasteiger partial charge in [-0.25, -0.2) is 8.42 Å². The molecule has 0 unspecified atom stereocenters. The van der Waals surface area contributed by atoms with Gasteiger partial charge in [0.15, 0.2) is 0 Å². The first-order valence-corrected chi connectivity index (χ1v) is 9.91. The summed E-state index contributed by atoms with van der Waals surface area (Å²) in [7, 11) is -3.48. The zero-order valence-electron chi connectivity index (χ0n) is 11.9. The number of hydrogen-bond donors (Lipinski definition) is 1. The van der Waals surface area contributed by atoms with Crippen LogP contribution >= 0.6 is 27.3 Å². The number of sulfonamides is 1. The second-order valence-corrected chi connectivity index (χ2v) is 8.98. The molecule has 1 N–H and O–H groups in total. The number of unbranched alkanes of at least 4 members (excludes halogenated alkanes) is 2. The van der Waals surface area contributed by atoms with E-state index in [9.17, 15) is 8.42 Å². The molecule has 20 heavy (non-hydrogen) atoms. The molecule has 0 bridgehead atoms. The van der Waals surface area contributed by atoms with Crippen molar-refractivity contribution < 1.29 is 13.5 Å². The molecule has 0 atom stereocenters. The highest BCUT2D eigenvalue weighted by Gasteiger charge is 2.27. The van der Waals surface area contributed by atoms with Crippen LogP contribution in [0.5, 0.6) is 0 Å². The summed E-state index contributed by atoms with van der Waals surface area (Å²) >= 11 is 4.57. The van der Waals surface area contributed by atoms with E-state index in [4.69, 9.17) is 5.11 Å². The Bertz CT molecular complexity index is 506. The van der Waals surface area contributed by atoms with E-state index in [0.29, 0.717) is 21.8 Å². The summed E-state index contributed by atoms with van der Waals surface area (Å²) in [5.74, 6) is 0. The van der Waals surface area contributed by atoms with Crippen LogP contribution in [0, 0.1) is 0 Å². The molecule has 0 aliphatic rings. The van der Waals surface area contributed by atoms with E-state index in [2.05, 4.69) is 29.8 Å². The minimum Gasteiger partial charge on any atom is -0.391 e. The largest absolute Gasteiger partial charge is 0.391 e. The summed E-state index contributed by atoms with van der Waals surface area (Å²) in [6, 6.07) is 1.56. The van der Waals surface area contributed by atoms with Crippen molar-refractivity contribution in [3.63, 3.8) is 0 Å². The number of aliphatic hydroxyl groups is 1. The van der Waals surface area contributed by atoms with Gasteiger partial charge in [-0.3, -0.25) is 0 Å². The van der Waals surface area contributed by atoms with Crippen LogP contribution in [0.2, 0.25) is 0 Å². The predicted molar refractivity (Wildman–Crippen MR) is 86.5 cm³/mol. The highest BCUT2D eigenvalue weighted by Crippen LogP contribution is 2.33. The Kier molecular flexibility index (Phi) is 7.68. The number of thiophene rings is 1. The van der Waals surface area contributed by atoms with Gasteiger partial charge in [0.05, 0.1) is 10.4 Å². The lowest BCUT2D eigenvalue weighted by Gasteiger charge is -2.21.